The predicted octanol–water partition coefficient (Wildman–Crippen LogP) is 2.28. The Morgan fingerprint density at radius 1 is 1.35 bits per heavy atom. The first-order valence-electron chi connectivity index (χ1n) is 6.57. The zero-order chi connectivity index (χ0) is 12.4. The Morgan fingerprint density at radius 2 is 2.00 bits per heavy atom. The average Bonchev–Trinajstić information content (AvgIpc) is 2.59. The minimum atomic E-state index is 0.432. The first-order chi connectivity index (χ1) is 8.06. The molecule has 0 amide bonds. The van der Waals surface area contributed by atoms with E-state index >= 15 is 0 Å². The van der Waals surface area contributed by atoms with E-state index in [9.17, 15) is 0 Å². The molecule has 1 aromatic rings. The summed E-state index contributed by atoms with van der Waals surface area (Å²) in [6, 6.07) is 1.04. The SMILES string of the molecule is Cc1cn(C2CCN(C)CC2)c(NC(C)C)n1. The summed E-state index contributed by atoms with van der Waals surface area (Å²) in [5, 5.41) is 3.44. The molecule has 96 valence electrons. The smallest absolute Gasteiger partial charge is 0.203 e. The molecule has 0 radical (unpaired) electrons. The van der Waals surface area contributed by atoms with Gasteiger partial charge in [0.05, 0.1) is 5.69 Å². The molecule has 1 aliphatic rings. The van der Waals surface area contributed by atoms with Gasteiger partial charge in [-0.05, 0) is 53.8 Å². The fraction of sp³-hybridized carbons (Fsp3) is 0.769. The Morgan fingerprint density at radius 3 is 2.59 bits per heavy atom. The van der Waals surface area contributed by atoms with Gasteiger partial charge in [-0.3, -0.25) is 0 Å². The first-order valence-corrected chi connectivity index (χ1v) is 6.57. The lowest BCUT2D eigenvalue weighted by atomic mass is 10.1. The fourth-order valence-electron chi connectivity index (χ4n) is 2.43. The molecule has 1 aliphatic heterocycles. The van der Waals surface area contributed by atoms with E-state index in [1.54, 1.807) is 0 Å². The maximum absolute atomic E-state index is 4.58. The van der Waals surface area contributed by atoms with E-state index in [0.29, 0.717) is 12.1 Å². The number of nitrogens with one attached hydrogen (secondary N) is 1. The minimum Gasteiger partial charge on any atom is -0.353 e. The summed E-state index contributed by atoms with van der Waals surface area (Å²) in [6.07, 6.45) is 4.62. The molecule has 17 heavy (non-hydrogen) atoms. The summed E-state index contributed by atoms with van der Waals surface area (Å²) in [4.78, 5) is 6.98. The number of hydrogen-bond donors (Lipinski definition) is 1. The average molecular weight is 236 g/mol. The van der Waals surface area contributed by atoms with Crippen LogP contribution in [0, 0.1) is 6.92 Å². The van der Waals surface area contributed by atoms with Crippen LogP contribution in [0.4, 0.5) is 5.95 Å². The quantitative estimate of drug-likeness (QED) is 0.874. The third kappa shape index (κ3) is 3.00. The summed E-state index contributed by atoms with van der Waals surface area (Å²) in [5.74, 6) is 1.03. The van der Waals surface area contributed by atoms with Gasteiger partial charge in [0.25, 0.3) is 0 Å². The van der Waals surface area contributed by atoms with Crippen molar-refractivity contribution in [2.75, 3.05) is 25.5 Å². The highest BCUT2D eigenvalue weighted by molar-refractivity contribution is 5.30. The lowest BCUT2D eigenvalue weighted by Gasteiger charge is -2.30. The molecular weight excluding hydrogens is 212 g/mol. The van der Waals surface area contributed by atoms with Crippen LogP contribution in [0.1, 0.15) is 38.4 Å². The van der Waals surface area contributed by atoms with Crippen LogP contribution >= 0.6 is 0 Å². The van der Waals surface area contributed by atoms with Crippen LogP contribution in [-0.2, 0) is 0 Å². The van der Waals surface area contributed by atoms with E-state index in [-0.39, 0.29) is 0 Å². The molecule has 1 saturated heterocycles. The van der Waals surface area contributed by atoms with Crippen molar-refractivity contribution in [2.45, 2.75) is 45.7 Å². The summed E-state index contributed by atoms with van der Waals surface area (Å²) in [7, 11) is 2.20. The van der Waals surface area contributed by atoms with Gasteiger partial charge in [-0.2, -0.15) is 0 Å². The van der Waals surface area contributed by atoms with Crippen molar-refractivity contribution in [3.63, 3.8) is 0 Å². The van der Waals surface area contributed by atoms with Crippen molar-refractivity contribution in [1.29, 1.82) is 0 Å². The van der Waals surface area contributed by atoms with Gasteiger partial charge in [0, 0.05) is 18.3 Å². The largest absolute Gasteiger partial charge is 0.353 e. The number of rotatable bonds is 3. The Hall–Kier alpha value is -1.03. The number of aromatic nitrogens is 2. The summed E-state index contributed by atoms with van der Waals surface area (Å²) >= 11 is 0. The van der Waals surface area contributed by atoms with Crippen LogP contribution in [-0.4, -0.2) is 40.6 Å². The molecule has 0 unspecified atom stereocenters. The van der Waals surface area contributed by atoms with E-state index in [1.165, 1.54) is 25.9 Å². The number of imidazole rings is 1. The molecular formula is C13H24N4. The first kappa shape index (κ1) is 12.4. The Kier molecular flexibility index (Phi) is 3.72. The number of hydrogen-bond acceptors (Lipinski definition) is 3. The Bertz CT molecular complexity index is 361. The topological polar surface area (TPSA) is 33.1 Å². The molecule has 1 N–H and O–H groups in total. The second-order valence-electron chi connectivity index (χ2n) is 5.45. The fourth-order valence-corrected chi connectivity index (χ4v) is 2.43. The molecule has 0 aromatic carbocycles. The van der Waals surface area contributed by atoms with Crippen LogP contribution in [0.25, 0.3) is 0 Å². The van der Waals surface area contributed by atoms with Gasteiger partial charge in [-0.1, -0.05) is 0 Å². The van der Waals surface area contributed by atoms with Crippen LogP contribution in [0.5, 0.6) is 0 Å². The van der Waals surface area contributed by atoms with Gasteiger partial charge < -0.3 is 14.8 Å². The normalized spacial score (nSPS) is 18.9. The summed E-state index contributed by atoms with van der Waals surface area (Å²) in [6.45, 7) is 8.75. The third-order valence-corrected chi connectivity index (χ3v) is 3.35. The number of anilines is 1. The predicted molar refractivity (Wildman–Crippen MR) is 71.5 cm³/mol. The highest BCUT2D eigenvalue weighted by atomic mass is 15.2. The van der Waals surface area contributed by atoms with Crippen LogP contribution in [0.3, 0.4) is 0 Å². The molecule has 1 aromatic heterocycles. The van der Waals surface area contributed by atoms with Gasteiger partial charge in [0.1, 0.15) is 0 Å². The maximum Gasteiger partial charge on any atom is 0.203 e. The van der Waals surface area contributed by atoms with E-state index in [4.69, 9.17) is 0 Å². The van der Waals surface area contributed by atoms with Crippen molar-refractivity contribution in [2.24, 2.45) is 0 Å². The second-order valence-corrected chi connectivity index (χ2v) is 5.45. The van der Waals surface area contributed by atoms with Crippen molar-refractivity contribution >= 4 is 5.95 Å². The monoisotopic (exact) mass is 236 g/mol. The molecule has 2 heterocycles. The molecule has 4 nitrogen and oxygen atoms in total. The molecule has 2 rings (SSSR count). The molecule has 0 bridgehead atoms. The molecule has 0 spiro atoms. The van der Waals surface area contributed by atoms with E-state index in [2.05, 4.69) is 53.8 Å². The van der Waals surface area contributed by atoms with Crippen LogP contribution in [0.2, 0.25) is 0 Å². The maximum atomic E-state index is 4.58. The third-order valence-electron chi connectivity index (χ3n) is 3.35. The minimum absolute atomic E-state index is 0.432. The highest BCUT2D eigenvalue weighted by Gasteiger charge is 2.21. The Labute approximate surface area is 104 Å². The van der Waals surface area contributed by atoms with Gasteiger partial charge in [-0.25, -0.2) is 4.98 Å². The molecule has 1 fully saturated rings. The number of nitrogens with zero attached hydrogens (tertiary/aromatic N) is 3. The molecule has 4 heteroatoms. The van der Waals surface area contributed by atoms with Gasteiger partial charge >= 0.3 is 0 Å². The van der Waals surface area contributed by atoms with E-state index in [1.807, 2.05) is 0 Å². The molecule has 0 aliphatic carbocycles. The molecule has 0 saturated carbocycles. The van der Waals surface area contributed by atoms with Crippen molar-refractivity contribution in [3.05, 3.63) is 11.9 Å². The zero-order valence-electron chi connectivity index (χ0n) is 11.4. The van der Waals surface area contributed by atoms with E-state index < -0.39 is 0 Å². The standard InChI is InChI=1S/C13H24N4/c1-10(2)14-13-15-11(3)9-17(13)12-5-7-16(4)8-6-12/h9-10,12H,5-8H2,1-4H3,(H,14,15). The van der Waals surface area contributed by atoms with Crippen LogP contribution in [0.15, 0.2) is 6.20 Å². The van der Waals surface area contributed by atoms with Crippen molar-refractivity contribution < 1.29 is 0 Å². The number of likely N-dealkylation sites (tertiary alicyclic amines) is 1. The number of aryl methyl sites for hydroxylation is 1. The lowest BCUT2D eigenvalue weighted by molar-refractivity contribution is 0.222. The van der Waals surface area contributed by atoms with Gasteiger partial charge in [-0.15, -0.1) is 0 Å². The lowest BCUT2D eigenvalue weighted by Crippen LogP contribution is -2.32. The zero-order valence-corrected chi connectivity index (χ0v) is 11.4. The van der Waals surface area contributed by atoms with Gasteiger partial charge in [0.2, 0.25) is 5.95 Å². The number of piperidine rings is 1. The van der Waals surface area contributed by atoms with Crippen LogP contribution < -0.4 is 5.32 Å². The summed E-state index contributed by atoms with van der Waals surface area (Å²) < 4.78 is 2.34. The summed E-state index contributed by atoms with van der Waals surface area (Å²) in [5.41, 5.74) is 1.10. The second kappa shape index (κ2) is 5.08. The van der Waals surface area contributed by atoms with Crippen molar-refractivity contribution in [3.8, 4) is 0 Å². The Balaban J connectivity index is 2.13. The molecule has 0 atom stereocenters. The van der Waals surface area contributed by atoms with Crippen molar-refractivity contribution in [1.82, 2.24) is 14.5 Å². The van der Waals surface area contributed by atoms with Gasteiger partial charge in [0.15, 0.2) is 0 Å². The highest BCUT2D eigenvalue weighted by Crippen LogP contribution is 2.26. The van der Waals surface area contributed by atoms with E-state index in [0.717, 1.165) is 11.6 Å².